The van der Waals surface area contributed by atoms with Crippen molar-refractivity contribution < 1.29 is 14.3 Å². The van der Waals surface area contributed by atoms with Gasteiger partial charge in [0.2, 0.25) is 0 Å². The number of nitrogens with one attached hydrogen (secondary N) is 2. The molecule has 3 aromatic carbocycles. The number of ether oxygens (including phenoxy) is 2. The van der Waals surface area contributed by atoms with Crippen LogP contribution < -0.4 is 15.4 Å². The zero-order chi connectivity index (χ0) is 21.8. The number of pyridine rings is 1. The molecule has 1 heterocycles. The normalized spacial score (nSPS) is 10.8. The van der Waals surface area contributed by atoms with Crippen molar-refractivity contribution in [3.8, 4) is 5.75 Å². The van der Waals surface area contributed by atoms with Gasteiger partial charge in [-0.25, -0.2) is 9.78 Å². The minimum Gasteiger partial charge on any atom is -0.497 e. The van der Waals surface area contributed by atoms with Crippen LogP contribution in [0.4, 0.5) is 16.2 Å². The van der Waals surface area contributed by atoms with Crippen molar-refractivity contribution in [3.05, 3.63) is 71.8 Å². The average molecular weight is 415 g/mol. The molecule has 0 atom stereocenters. The van der Waals surface area contributed by atoms with Gasteiger partial charge >= 0.3 is 6.09 Å². The summed E-state index contributed by atoms with van der Waals surface area (Å²) in [6.07, 6.45) is 0.242. The van der Waals surface area contributed by atoms with Crippen LogP contribution in [0.3, 0.4) is 0 Å². The molecule has 0 spiro atoms. The number of alkyl carbamates (subject to hydrolysis) is 1. The molecule has 0 saturated carbocycles. The first-order valence-corrected chi connectivity index (χ1v) is 10.2. The van der Waals surface area contributed by atoms with E-state index in [4.69, 9.17) is 14.5 Å². The number of aromatic nitrogens is 1. The molecule has 0 aliphatic heterocycles. The van der Waals surface area contributed by atoms with E-state index in [1.165, 1.54) is 5.56 Å². The van der Waals surface area contributed by atoms with Crippen molar-refractivity contribution >= 4 is 39.3 Å². The van der Waals surface area contributed by atoms with Gasteiger partial charge in [-0.15, -0.1) is 0 Å². The Labute approximate surface area is 181 Å². The summed E-state index contributed by atoms with van der Waals surface area (Å²) < 4.78 is 10.5. The average Bonchev–Trinajstić information content (AvgIpc) is 2.80. The molecular formula is C25H25N3O3. The molecule has 4 aromatic rings. The molecule has 4 rings (SSSR count). The van der Waals surface area contributed by atoms with Crippen molar-refractivity contribution in [1.82, 2.24) is 10.3 Å². The second-order valence-electron chi connectivity index (χ2n) is 7.35. The number of fused-ring (bicyclic) bond motifs is 2. The van der Waals surface area contributed by atoms with E-state index in [2.05, 4.69) is 35.8 Å². The molecular weight excluding hydrogens is 390 g/mol. The van der Waals surface area contributed by atoms with Crippen LogP contribution in [0, 0.1) is 6.92 Å². The number of nitrogens with zero attached hydrogens (tertiary/aromatic N) is 1. The van der Waals surface area contributed by atoms with Crippen LogP contribution in [0.1, 0.15) is 11.1 Å². The third-order valence-corrected chi connectivity index (χ3v) is 5.19. The topological polar surface area (TPSA) is 72.5 Å². The van der Waals surface area contributed by atoms with Gasteiger partial charge in [0, 0.05) is 29.9 Å². The number of methoxy groups -OCH3 is 1. The second-order valence-corrected chi connectivity index (χ2v) is 7.35. The van der Waals surface area contributed by atoms with Crippen LogP contribution in [0.25, 0.3) is 21.8 Å². The minimum absolute atomic E-state index is 0.338. The highest BCUT2D eigenvalue weighted by molar-refractivity contribution is 6.09. The lowest BCUT2D eigenvalue weighted by molar-refractivity contribution is 0.150. The van der Waals surface area contributed by atoms with Crippen LogP contribution in [-0.2, 0) is 11.2 Å². The van der Waals surface area contributed by atoms with Gasteiger partial charge in [0.15, 0.2) is 0 Å². The van der Waals surface area contributed by atoms with E-state index in [1.54, 1.807) is 14.2 Å². The number of carbonyl (C=O) groups is 1. The molecule has 1 amide bonds. The number of hydrogen-bond acceptors (Lipinski definition) is 5. The molecule has 0 aliphatic carbocycles. The van der Waals surface area contributed by atoms with E-state index in [0.29, 0.717) is 13.0 Å². The smallest absolute Gasteiger partial charge is 0.406 e. The zero-order valence-corrected chi connectivity index (χ0v) is 17.9. The predicted molar refractivity (Wildman–Crippen MR) is 124 cm³/mol. The molecule has 0 radical (unpaired) electrons. The molecule has 2 N–H and O–H groups in total. The van der Waals surface area contributed by atoms with Crippen molar-refractivity contribution in [2.45, 2.75) is 13.3 Å². The Kier molecular flexibility index (Phi) is 5.89. The molecule has 158 valence electrons. The number of carbonyl (C=O) groups excluding carboxylic acids is 1. The van der Waals surface area contributed by atoms with Gasteiger partial charge in [-0.2, -0.15) is 0 Å². The van der Waals surface area contributed by atoms with E-state index < -0.39 is 6.09 Å². The summed E-state index contributed by atoms with van der Waals surface area (Å²) in [4.78, 5) is 16.0. The number of aryl methyl sites for hydroxylation is 1. The maximum absolute atomic E-state index is 11.2. The van der Waals surface area contributed by atoms with E-state index in [1.807, 2.05) is 42.5 Å². The maximum Gasteiger partial charge on any atom is 0.406 e. The molecule has 0 fully saturated rings. The summed E-state index contributed by atoms with van der Waals surface area (Å²) in [5.41, 5.74) is 6.08. The first-order chi connectivity index (χ1) is 15.1. The van der Waals surface area contributed by atoms with Crippen LogP contribution in [0.5, 0.6) is 5.75 Å². The lowest BCUT2D eigenvalue weighted by Crippen LogP contribution is -2.20. The van der Waals surface area contributed by atoms with E-state index >= 15 is 0 Å². The number of hydrogen-bond donors (Lipinski definition) is 2. The molecule has 0 unspecified atom stereocenters. The summed E-state index contributed by atoms with van der Waals surface area (Å²) in [6.45, 7) is 2.42. The minimum atomic E-state index is -0.416. The monoisotopic (exact) mass is 415 g/mol. The molecule has 0 aliphatic rings. The summed E-state index contributed by atoms with van der Waals surface area (Å²) in [5, 5.41) is 8.09. The van der Waals surface area contributed by atoms with E-state index in [0.717, 1.165) is 44.5 Å². The Balaban J connectivity index is 1.67. The fourth-order valence-electron chi connectivity index (χ4n) is 3.53. The lowest BCUT2D eigenvalue weighted by Gasteiger charge is -2.15. The maximum atomic E-state index is 11.2. The van der Waals surface area contributed by atoms with Crippen LogP contribution in [0.15, 0.2) is 60.7 Å². The van der Waals surface area contributed by atoms with Gasteiger partial charge in [0.1, 0.15) is 5.75 Å². The number of rotatable bonds is 6. The van der Waals surface area contributed by atoms with Gasteiger partial charge in [-0.05, 0) is 55.0 Å². The summed E-state index contributed by atoms with van der Waals surface area (Å²) >= 11 is 0. The third-order valence-electron chi connectivity index (χ3n) is 5.19. The summed E-state index contributed by atoms with van der Waals surface area (Å²) in [7, 11) is 3.21. The number of amides is 1. The molecule has 0 bridgehead atoms. The largest absolute Gasteiger partial charge is 0.497 e. The van der Waals surface area contributed by atoms with E-state index in [-0.39, 0.29) is 0 Å². The Hall–Kier alpha value is -3.80. The Morgan fingerprint density at radius 1 is 0.968 bits per heavy atom. The highest BCUT2D eigenvalue weighted by Crippen LogP contribution is 2.35. The Morgan fingerprint density at radius 3 is 2.39 bits per heavy atom. The van der Waals surface area contributed by atoms with Crippen LogP contribution in [0.2, 0.25) is 0 Å². The first kappa shape index (κ1) is 20.5. The van der Waals surface area contributed by atoms with Gasteiger partial charge in [0.05, 0.1) is 30.4 Å². The zero-order valence-electron chi connectivity index (χ0n) is 17.9. The predicted octanol–water partition coefficient (Wildman–Crippen LogP) is 5.35. The van der Waals surface area contributed by atoms with Crippen LogP contribution >= 0.6 is 0 Å². The quantitative estimate of drug-likeness (QED) is 0.416. The molecule has 6 heteroatoms. The molecule has 6 nitrogen and oxygen atoms in total. The first-order valence-electron chi connectivity index (χ1n) is 10.2. The van der Waals surface area contributed by atoms with Gasteiger partial charge < -0.3 is 20.1 Å². The number of anilines is 2. The van der Waals surface area contributed by atoms with E-state index in [9.17, 15) is 4.79 Å². The molecule has 0 saturated heterocycles. The summed E-state index contributed by atoms with van der Waals surface area (Å²) in [5.74, 6) is 0.788. The Morgan fingerprint density at radius 2 is 1.68 bits per heavy atom. The van der Waals surface area contributed by atoms with Crippen molar-refractivity contribution in [2.75, 3.05) is 26.1 Å². The number of benzene rings is 3. The SMILES string of the molecule is CNC(=O)OCCc1ccc(Nc2c3cc(C)ccc3nc3ccc(OC)cc23)cc1. The van der Waals surface area contributed by atoms with Gasteiger partial charge in [0.25, 0.3) is 0 Å². The highest BCUT2D eigenvalue weighted by atomic mass is 16.5. The Bertz CT molecular complexity index is 1240. The van der Waals surface area contributed by atoms with Gasteiger partial charge in [-0.1, -0.05) is 23.8 Å². The third kappa shape index (κ3) is 4.53. The summed E-state index contributed by atoms with van der Waals surface area (Å²) in [6, 6.07) is 20.3. The fourth-order valence-corrected chi connectivity index (χ4v) is 3.53. The molecule has 1 aromatic heterocycles. The van der Waals surface area contributed by atoms with Crippen molar-refractivity contribution in [2.24, 2.45) is 0 Å². The standard InChI is InChI=1S/C25H25N3O3/c1-16-4-10-22-20(14-16)24(21-15-19(30-3)9-11-23(21)28-22)27-18-7-5-17(6-8-18)12-13-31-25(29)26-2/h4-11,14-15H,12-13H2,1-3H3,(H,26,29)(H,27,28). The van der Waals surface area contributed by atoms with Crippen molar-refractivity contribution in [1.29, 1.82) is 0 Å². The lowest BCUT2D eigenvalue weighted by atomic mass is 10.0. The molecule has 31 heavy (non-hydrogen) atoms. The van der Waals surface area contributed by atoms with Crippen LogP contribution in [-0.4, -0.2) is 31.8 Å². The second kappa shape index (κ2) is 8.92. The van der Waals surface area contributed by atoms with Crippen molar-refractivity contribution in [3.63, 3.8) is 0 Å². The fraction of sp³-hybridized carbons (Fsp3) is 0.200. The highest BCUT2D eigenvalue weighted by Gasteiger charge is 2.11. The van der Waals surface area contributed by atoms with Gasteiger partial charge in [-0.3, -0.25) is 0 Å².